The average molecular weight is 387 g/mol. The lowest BCUT2D eigenvalue weighted by Crippen LogP contribution is -2.36. The zero-order valence-electron chi connectivity index (χ0n) is 18.4. The monoisotopic (exact) mass is 386 g/mol. The first-order valence-electron chi connectivity index (χ1n) is 11.8. The summed E-state index contributed by atoms with van der Waals surface area (Å²) < 4.78 is 0. The van der Waals surface area contributed by atoms with Gasteiger partial charge < -0.3 is 10.2 Å². The normalized spacial score (nSPS) is 38.5. The predicted octanol–water partition coefficient (Wildman–Crippen LogP) is 6.34. The van der Waals surface area contributed by atoms with Crippen LogP contribution in [0.15, 0.2) is 35.5 Å². The van der Waals surface area contributed by atoms with Crippen molar-refractivity contribution in [3.05, 3.63) is 35.5 Å². The third kappa shape index (κ3) is 4.49. The van der Waals surface area contributed by atoms with E-state index in [1.54, 1.807) is 5.57 Å². The molecule has 3 fully saturated rings. The fourth-order valence-electron chi connectivity index (χ4n) is 6.56. The number of aliphatic hydroxyl groups is 2. The first kappa shape index (κ1) is 21.8. The second kappa shape index (κ2) is 9.30. The Hall–Kier alpha value is -0.860. The van der Waals surface area contributed by atoms with E-state index in [-0.39, 0.29) is 0 Å². The van der Waals surface area contributed by atoms with Gasteiger partial charge in [0, 0.05) is 0 Å². The van der Waals surface area contributed by atoms with E-state index in [2.05, 4.69) is 39.5 Å². The highest BCUT2D eigenvalue weighted by atomic mass is 16.3. The molecule has 0 amide bonds. The molecule has 0 spiro atoms. The molecule has 3 rings (SSSR count). The molecule has 0 saturated heterocycles. The predicted molar refractivity (Wildman–Crippen MR) is 118 cm³/mol. The van der Waals surface area contributed by atoms with Crippen molar-refractivity contribution in [1.82, 2.24) is 0 Å². The third-order valence-electron chi connectivity index (χ3n) is 8.29. The van der Waals surface area contributed by atoms with Crippen LogP contribution in [0, 0.1) is 23.2 Å². The molecule has 0 unspecified atom stereocenters. The van der Waals surface area contributed by atoms with Gasteiger partial charge in [-0.25, -0.2) is 0 Å². The molecule has 0 aromatic heterocycles. The lowest BCUT2D eigenvalue weighted by atomic mass is 9.60. The number of hydrogen-bond donors (Lipinski definition) is 2. The largest absolute Gasteiger partial charge is 0.388 e. The maximum atomic E-state index is 10.1. The standard InChI is InChI=1S/C26H42O2/c1-5-6-7-9-18(2)22-13-14-23-21(10-8-15-26(22,23)4)12-11-20-16-24(27)19(3)25(28)17-20/h11-12,18,22-25,27-28H,3,5-10,13-17H2,1-2,4H3/t18-,22+,23-,24+,25+,26+/m0/s1. The zero-order chi connectivity index (χ0) is 20.3. The summed E-state index contributed by atoms with van der Waals surface area (Å²) >= 11 is 0. The molecule has 6 atom stereocenters. The van der Waals surface area contributed by atoms with Crippen molar-refractivity contribution >= 4 is 0 Å². The number of allylic oxidation sites excluding steroid dienone is 3. The maximum absolute atomic E-state index is 10.1. The molecule has 0 aliphatic heterocycles. The van der Waals surface area contributed by atoms with Crippen molar-refractivity contribution in [2.24, 2.45) is 23.2 Å². The summed E-state index contributed by atoms with van der Waals surface area (Å²) in [6.45, 7) is 11.2. The molecule has 3 saturated carbocycles. The van der Waals surface area contributed by atoms with Gasteiger partial charge >= 0.3 is 0 Å². The van der Waals surface area contributed by atoms with Crippen LogP contribution >= 0.6 is 0 Å². The van der Waals surface area contributed by atoms with Gasteiger partial charge in [0.25, 0.3) is 0 Å². The van der Waals surface area contributed by atoms with Crippen LogP contribution in [0.2, 0.25) is 0 Å². The summed E-state index contributed by atoms with van der Waals surface area (Å²) in [7, 11) is 0. The fraction of sp³-hybridized carbons (Fsp3) is 0.769. The van der Waals surface area contributed by atoms with Crippen molar-refractivity contribution < 1.29 is 10.2 Å². The summed E-state index contributed by atoms with van der Waals surface area (Å²) in [5.41, 5.74) is 3.83. The fourth-order valence-corrected chi connectivity index (χ4v) is 6.56. The van der Waals surface area contributed by atoms with E-state index in [4.69, 9.17) is 0 Å². The first-order chi connectivity index (χ1) is 13.4. The highest BCUT2D eigenvalue weighted by molar-refractivity contribution is 5.29. The van der Waals surface area contributed by atoms with Gasteiger partial charge in [-0.2, -0.15) is 0 Å². The van der Waals surface area contributed by atoms with Crippen molar-refractivity contribution in [2.75, 3.05) is 0 Å². The van der Waals surface area contributed by atoms with E-state index in [1.807, 2.05) is 0 Å². The minimum absolute atomic E-state index is 0.466. The van der Waals surface area contributed by atoms with Gasteiger partial charge in [0.1, 0.15) is 0 Å². The van der Waals surface area contributed by atoms with Crippen molar-refractivity contribution in [3.8, 4) is 0 Å². The second-order valence-corrected chi connectivity index (χ2v) is 10.2. The molecule has 0 aromatic carbocycles. The Morgan fingerprint density at radius 2 is 1.86 bits per heavy atom. The minimum Gasteiger partial charge on any atom is -0.388 e. The molecule has 158 valence electrons. The molecule has 0 aromatic rings. The molecule has 3 aliphatic rings. The molecule has 2 nitrogen and oxygen atoms in total. The van der Waals surface area contributed by atoms with Gasteiger partial charge in [0.15, 0.2) is 0 Å². The highest BCUT2D eigenvalue weighted by Gasteiger charge is 2.50. The van der Waals surface area contributed by atoms with Crippen molar-refractivity contribution in [1.29, 1.82) is 0 Å². The van der Waals surface area contributed by atoms with E-state index in [0.29, 0.717) is 23.8 Å². The maximum Gasteiger partial charge on any atom is 0.0809 e. The number of aliphatic hydroxyl groups excluding tert-OH is 2. The summed E-state index contributed by atoms with van der Waals surface area (Å²) in [4.78, 5) is 0. The number of unbranched alkanes of at least 4 members (excludes halogenated alkanes) is 2. The Kier molecular flexibility index (Phi) is 7.26. The molecule has 28 heavy (non-hydrogen) atoms. The minimum atomic E-state index is -0.593. The van der Waals surface area contributed by atoms with E-state index in [9.17, 15) is 10.2 Å². The van der Waals surface area contributed by atoms with Gasteiger partial charge in [-0.3, -0.25) is 0 Å². The molecule has 2 heteroatoms. The van der Waals surface area contributed by atoms with Crippen LogP contribution in [0.5, 0.6) is 0 Å². The second-order valence-electron chi connectivity index (χ2n) is 10.2. The van der Waals surface area contributed by atoms with Gasteiger partial charge in [-0.05, 0) is 73.7 Å². The lowest BCUT2D eigenvalue weighted by molar-refractivity contribution is 0.0932. The van der Waals surface area contributed by atoms with E-state index < -0.39 is 12.2 Å². The van der Waals surface area contributed by atoms with Crippen LogP contribution in [-0.2, 0) is 0 Å². The van der Waals surface area contributed by atoms with Crippen LogP contribution in [0.3, 0.4) is 0 Å². The molecular formula is C26H42O2. The molecule has 3 aliphatic carbocycles. The van der Waals surface area contributed by atoms with Crippen LogP contribution < -0.4 is 0 Å². The van der Waals surface area contributed by atoms with E-state index in [0.717, 1.165) is 23.3 Å². The highest BCUT2D eigenvalue weighted by Crippen LogP contribution is 2.59. The van der Waals surface area contributed by atoms with Crippen LogP contribution in [0.4, 0.5) is 0 Å². The van der Waals surface area contributed by atoms with Crippen LogP contribution in [-0.4, -0.2) is 22.4 Å². The van der Waals surface area contributed by atoms with Gasteiger partial charge in [-0.1, -0.05) is 76.3 Å². The number of hydrogen-bond acceptors (Lipinski definition) is 2. The lowest BCUT2D eigenvalue weighted by Gasteiger charge is -2.44. The molecular weight excluding hydrogens is 344 g/mol. The van der Waals surface area contributed by atoms with Crippen LogP contribution in [0.1, 0.15) is 91.4 Å². The molecule has 0 radical (unpaired) electrons. The Labute approximate surface area is 172 Å². The summed E-state index contributed by atoms with van der Waals surface area (Å²) in [6.07, 6.45) is 16.7. The van der Waals surface area contributed by atoms with Crippen LogP contribution in [0.25, 0.3) is 0 Å². The Balaban J connectivity index is 1.70. The summed E-state index contributed by atoms with van der Waals surface area (Å²) in [5, 5.41) is 20.2. The molecule has 0 bridgehead atoms. The van der Waals surface area contributed by atoms with Crippen molar-refractivity contribution in [2.45, 2.75) is 104 Å². The molecule has 0 heterocycles. The zero-order valence-corrected chi connectivity index (χ0v) is 18.4. The van der Waals surface area contributed by atoms with Gasteiger partial charge in [-0.15, -0.1) is 0 Å². The third-order valence-corrected chi connectivity index (χ3v) is 8.29. The number of fused-ring (bicyclic) bond motifs is 1. The van der Waals surface area contributed by atoms with Gasteiger partial charge in [0.05, 0.1) is 12.2 Å². The number of rotatable bonds is 6. The van der Waals surface area contributed by atoms with E-state index >= 15 is 0 Å². The Morgan fingerprint density at radius 1 is 1.14 bits per heavy atom. The van der Waals surface area contributed by atoms with Crippen molar-refractivity contribution in [3.63, 3.8) is 0 Å². The molecule has 2 N–H and O–H groups in total. The SMILES string of the molecule is C=C1[C@H](O)CC(=CC=C2CCC[C@]3(C)[C@@H]([C@@H](C)CCCCC)CC[C@@H]23)C[C@H]1O. The Morgan fingerprint density at radius 3 is 2.54 bits per heavy atom. The summed E-state index contributed by atoms with van der Waals surface area (Å²) in [6, 6.07) is 0. The topological polar surface area (TPSA) is 40.5 Å². The summed E-state index contributed by atoms with van der Waals surface area (Å²) in [5.74, 6) is 2.44. The first-order valence-corrected chi connectivity index (χ1v) is 11.8. The Bertz CT molecular complexity index is 600. The van der Waals surface area contributed by atoms with E-state index in [1.165, 1.54) is 57.8 Å². The van der Waals surface area contributed by atoms with Gasteiger partial charge in [0.2, 0.25) is 0 Å². The average Bonchev–Trinajstić information content (AvgIpc) is 3.02. The smallest absolute Gasteiger partial charge is 0.0809 e. The quantitative estimate of drug-likeness (QED) is 0.413.